The van der Waals surface area contributed by atoms with Crippen molar-refractivity contribution in [3.63, 3.8) is 0 Å². The molecule has 0 aliphatic carbocycles. The zero-order chi connectivity index (χ0) is 23.3. The van der Waals surface area contributed by atoms with Crippen LogP contribution in [0.2, 0.25) is 0 Å². The molecule has 0 N–H and O–H groups in total. The molecule has 2 atom stereocenters. The number of hydrogen-bond acceptors (Lipinski definition) is 7. The predicted molar refractivity (Wildman–Crippen MR) is 119 cm³/mol. The minimum Gasteiger partial charge on any atom is -0.497 e. The number of carbonyl (C=O) groups is 2. The molecule has 0 aromatic heterocycles. The number of benzene rings is 2. The SMILES string of the molecule is COc1ccc(N2CCN3C2=NC2C3C(=O)N(Cc3ccccc3F)C(=O)N2C)c(OC)c1. The summed E-state index contributed by atoms with van der Waals surface area (Å²) >= 11 is 0. The molecule has 0 spiro atoms. The van der Waals surface area contributed by atoms with Crippen LogP contribution in [-0.4, -0.2) is 79.2 Å². The zero-order valence-corrected chi connectivity index (χ0v) is 18.6. The van der Waals surface area contributed by atoms with Gasteiger partial charge in [0, 0.05) is 31.8 Å². The van der Waals surface area contributed by atoms with Crippen molar-refractivity contribution in [3.05, 3.63) is 53.8 Å². The summed E-state index contributed by atoms with van der Waals surface area (Å²) in [5.41, 5.74) is 1.08. The second-order valence-corrected chi connectivity index (χ2v) is 8.08. The Morgan fingerprint density at radius 2 is 1.88 bits per heavy atom. The summed E-state index contributed by atoms with van der Waals surface area (Å²) < 4.78 is 25.1. The van der Waals surface area contributed by atoms with Crippen LogP contribution in [0.15, 0.2) is 47.5 Å². The largest absolute Gasteiger partial charge is 0.497 e. The highest BCUT2D eigenvalue weighted by molar-refractivity contribution is 6.08. The molecule has 0 bridgehead atoms. The summed E-state index contributed by atoms with van der Waals surface area (Å²) in [6.07, 6.45) is -0.649. The van der Waals surface area contributed by atoms with E-state index in [2.05, 4.69) is 0 Å². The number of amides is 3. The summed E-state index contributed by atoms with van der Waals surface area (Å²) in [6.45, 7) is 1.02. The van der Waals surface area contributed by atoms with Gasteiger partial charge in [-0.15, -0.1) is 0 Å². The second kappa shape index (κ2) is 7.95. The van der Waals surface area contributed by atoms with Gasteiger partial charge in [-0.25, -0.2) is 14.2 Å². The van der Waals surface area contributed by atoms with Crippen LogP contribution < -0.4 is 14.4 Å². The number of anilines is 1. The number of guanidine groups is 1. The maximum Gasteiger partial charge on any atom is 0.328 e. The van der Waals surface area contributed by atoms with Crippen LogP contribution in [-0.2, 0) is 11.3 Å². The van der Waals surface area contributed by atoms with E-state index in [1.165, 1.54) is 11.0 Å². The maximum atomic E-state index is 14.2. The summed E-state index contributed by atoms with van der Waals surface area (Å²) in [5.74, 6) is 1.05. The maximum absolute atomic E-state index is 14.2. The van der Waals surface area contributed by atoms with Crippen LogP contribution in [0.4, 0.5) is 14.9 Å². The molecule has 2 saturated heterocycles. The Kier molecular flexibility index (Phi) is 5.07. The number of halogens is 1. The van der Waals surface area contributed by atoms with Gasteiger partial charge in [-0.1, -0.05) is 18.2 Å². The third kappa shape index (κ3) is 3.24. The molecule has 172 valence electrons. The van der Waals surface area contributed by atoms with E-state index in [0.29, 0.717) is 30.5 Å². The van der Waals surface area contributed by atoms with Gasteiger partial charge in [0.05, 0.1) is 26.5 Å². The molecule has 2 unspecified atom stereocenters. The van der Waals surface area contributed by atoms with Gasteiger partial charge in [0.25, 0.3) is 5.91 Å². The number of rotatable bonds is 5. The Morgan fingerprint density at radius 1 is 1.09 bits per heavy atom. The third-order valence-corrected chi connectivity index (χ3v) is 6.34. The monoisotopic (exact) mass is 453 g/mol. The number of urea groups is 1. The first-order chi connectivity index (χ1) is 15.9. The van der Waals surface area contributed by atoms with E-state index in [0.717, 1.165) is 10.6 Å². The Balaban J connectivity index is 1.45. The van der Waals surface area contributed by atoms with Crippen molar-refractivity contribution in [2.24, 2.45) is 4.99 Å². The average molecular weight is 453 g/mol. The van der Waals surface area contributed by atoms with Gasteiger partial charge in [0.15, 0.2) is 12.2 Å². The Labute approximate surface area is 190 Å². The molecule has 10 heteroatoms. The number of imide groups is 1. The summed E-state index contributed by atoms with van der Waals surface area (Å²) in [6, 6.07) is 10.5. The topological polar surface area (TPSA) is 77.9 Å². The van der Waals surface area contributed by atoms with Gasteiger partial charge >= 0.3 is 6.03 Å². The number of likely N-dealkylation sites (N-methyl/N-ethyl adjacent to an activating group) is 1. The Morgan fingerprint density at radius 3 is 2.61 bits per heavy atom. The predicted octanol–water partition coefficient (Wildman–Crippen LogP) is 2.12. The number of ether oxygens (including phenoxy) is 2. The van der Waals surface area contributed by atoms with Gasteiger partial charge < -0.3 is 24.2 Å². The van der Waals surface area contributed by atoms with E-state index in [-0.39, 0.29) is 18.0 Å². The van der Waals surface area contributed by atoms with Crippen LogP contribution in [0.25, 0.3) is 0 Å². The molecule has 3 aliphatic heterocycles. The van der Waals surface area contributed by atoms with Crippen molar-refractivity contribution in [1.29, 1.82) is 0 Å². The lowest BCUT2D eigenvalue weighted by atomic mass is 10.1. The Hall–Kier alpha value is -3.82. The lowest BCUT2D eigenvalue weighted by Crippen LogP contribution is -2.64. The third-order valence-electron chi connectivity index (χ3n) is 6.34. The van der Waals surface area contributed by atoms with E-state index in [1.54, 1.807) is 45.5 Å². The van der Waals surface area contributed by atoms with Crippen molar-refractivity contribution in [2.75, 3.05) is 39.3 Å². The fourth-order valence-corrected chi connectivity index (χ4v) is 4.62. The molecular formula is C23H24FN5O4. The van der Waals surface area contributed by atoms with E-state index in [9.17, 15) is 14.0 Å². The standard InChI is InChI=1S/C23H24FN5O4/c1-26-20-19(21(30)29(23(26)31)13-14-6-4-5-7-16(14)24)28-11-10-27(22(28)25-20)17-9-8-15(32-2)12-18(17)33-3/h4-9,12,19-20H,10-11,13H2,1-3H3. The summed E-state index contributed by atoms with van der Waals surface area (Å²) in [5, 5.41) is 0. The second-order valence-electron chi connectivity index (χ2n) is 8.08. The lowest BCUT2D eigenvalue weighted by Gasteiger charge is -2.40. The number of hydrogen-bond donors (Lipinski definition) is 0. The number of carbonyl (C=O) groups excluding carboxylic acids is 2. The minimum absolute atomic E-state index is 0.128. The number of fused-ring (bicyclic) bond motifs is 3. The molecule has 3 amide bonds. The number of methoxy groups -OCH3 is 2. The molecule has 3 aliphatic rings. The van der Waals surface area contributed by atoms with Crippen LogP contribution in [0.3, 0.4) is 0 Å². The van der Waals surface area contributed by atoms with Crippen LogP contribution in [0.1, 0.15) is 5.56 Å². The lowest BCUT2D eigenvalue weighted by molar-refractivity contribution is -0.137. The van der Waals surface area contributed by atoms with Crippen molar-refractivity contribution in [1.82, 2.24) is 14.7 Å². The molecule has 33 heavy (non-hydrogen) atoms. The van der Waals surface area contributed by atoms with Crippen molar-refractivity contribution in [2.45, 2.75) is 18.8 Å². The van der Waals surface area contributed by atoms with Crippen molar-refractivity contribution < 1.29 is 23.5 Å². The fraction of sp³-hybridized carbons (Fsp3) is 0.348. The molecule has 5 rings (SSSR count). The quantitative estimate of drug-likeness (QED) is 0.690. The molecule has 9 nitrogen and oxygen atoms in total. The first kappa shape index (κ1) is 21.0. The Bertz CT molecular complexity index is 1160. The van der Waals surface area contributed by atoms with Gasteiger partial charge in [0.1, 0.15) is 17.3 Å². The smallest absolute Gasteiger partial charge is 0.328 e. The van der Waals surface area contributed by atoms with Gasteiger partial charge in [-0.05, 0) is 18.2 Å². The van der Waals surface area contributed by atoms with Crippen LogP contribution >= 0.6 is 0 Å². The molecule has 2 fully saturated rings. The molecule has 2 aromatic rings. The highest BCUT2D eigenvalue weighted by Crippen LogP contribution is 2.38. The average Bonchev–Trinajstić information content (AvgIpc) is 3.40. The van der Waals surface area contributed by atoms with Crippen molar-refractivity contribution in [3.8, 4) is 11.5 Å². The molecule has 3 heterocycles. The summed E-state index contributed by atoms with van der Waals surface area (Å²) in [4.78, 5) is 37.7. The number of nitrogens with zero attached hydrogens (tertiary/aromatic N) is 5. The minimum atomic E-state index is -0.663. The van der Waals surface area contributed by atoms with E-state index >= 15 is 0 Å². The van der Waals surface area contributed by atoms with Crippen LogP contribution in [0.5, 0.6) is 11.5 Å². The van der Waals surface area contributed by atoms with Gasteiger partial charge in [-0.3, -0.25) is 9.69 Å². The van der Waals surface area contributed by atoms with Gasteiger partial charge in [0.2, 0.25) is 5.96 Å². The van der Waals surface area contributed by atoms with E-state index in [1.807, 2.05) is 21.9 Å². The number of aliphatic imine (C=N–C) groups is 1. The zero-order valence-electron chi connectivity index (χ0n) is 18.6. The first-order valence-corrected chi connectivity index (χ1v) is 10.6. The van der Waals surface area contributed by atoms with E-state index < -0.39 is 24.1 Å². The van der Waals surface area contributed by atoms with Crippen LogP contribution in [0, 0.1) is 5.82 Å². The first-order valence-electron chi connectivity index (χ1n) is 10.6. The highest BCUT2D eigenvalue weighted by atomic mass is 19.1. The normalized spacial score (nSPS) is 21.9. The molecular weight excluding hydrogens is 429 g/mol. The molecule has 0 radical (unpaired) electrons. The van der Waals surface area contributed by atoms with Gasteiger partial charge in [-0.2, -0.15) is 0 Å². The molecule has 0 saturated carbocycles. The summed E-state index contributed by atoms with van der Waals surface area (Å²) in [7, 11) is 4.79. The van der Waals surface area contributed by atoms with Crippen molar-refractivity contribution >= 4 is 23.6 Å². The highest BCUT2D eigenvalue weighted by Gasteiger charge is 2.54. The fourth-order valence-electron chi connectivity index (χ4n) is 4.62. The molecule has 2 aromatic carbocycles. The van der Waals surface area contributed by atoms with E-state index in [4.69, 9.17) is 14.5 Å².